The minimum Gasteiger partial charge on any atom is -0.351 e. The number of aromatic amines is 1. The summed E-state index contributed by atoms with van der Waals surface area (Å²) in [6.07, 6.45) is -0.860. The third-order valence-corrected chi connectivity index (χ3v) is 5.73. The fourth-order valence-electron chi connectivity index (χ4n) is 3.71. The van der Waals surface area contributed by atoms with Crippen molar-refractivity contribution in [1.82, 2.24) is 15.0 Å². The molecule has 0 saturated heterocycles. The van der Waals surface area contributed by atoms with E-state index in [4.69, 9.17) is 0 Å². The van der Waals surface area contributed by atoms with Crippen LogP contribution < -0.4 is 16.2 Å². The Kier molecular flexibility index (Phi) is 5.50. The Morgan fingerprint density at radius 1 is 1.11 bits per heavy atom. The minimum absolute atomic E-state index is 0.117. The van der Waals surface area contributed by atoms with Crippen LogP contribution in [0.25, 0.3) is 22.2 Å². The van der Waals surface area contributed by atoms with E-state index in [0.717, 1.165) is 30.5 Å². The standard InChI is InChI=1S/C25H20F3N5O2/c1-13-5-6-18(30-22(34)14-3-2-4-16(9-14)25(26,27)28)11-19(13)20-10-15-12-29-24(31-17-7-8-17)33-21(15)23(35)32-20/h2-6,9-12,17H,7-8H2,1H3,(H,30,34)(H,32,35)(H,29,31,33). The highest BCUT2D eigenvalue weighted by Gasteiger charge is 2.31. The molecule has 178 valence electrons. The molecule has 10 heteroatoms. The molecule has 0 bridgehead atoms. The molecule has 1 aliphatic carbocycles. The van der Waals surface area contributed by atoms with Crippen LogP contribution in [0.1, 0.15) is 34.3 Å². The van der Waals surface area contributed by atoms with Crippen molar-refractivity contribution in [1.29, 1.82) is 0 Å². The zero-order chi connectivity index (χ0) is 24.7. The summed E-state index contributed by atoms with van der Waals surface area (Å²) in [6.45, 7) is 1.84. The third kappa shape index (κ3) is 4.86. The highest BCUT2D eigenvalue weighted by atomic mass is 19.4. The van der Waals surface area contributed by atoms with Gasteiger partial charge < -0.3 is 15.6 Å². The first-order chi connectivity index (χ1) is 16.7. The maximum atomic E-state index is 13.0. The van der Waals surface area contributed by atoms with Crippen LogP contribution in [-0.4, -0.2) is 26.9 Å². The van der Waals surface area contributed by atoms with Crippen LogP contribution in [0.3, 0.4) is 0 Å². The molecule has 35 heavy (non-hydrogen) atoms. The fraction of sp³-hybridized carbons (Fsp3) is 0.200. The number of amides is 1. The van der Waals surface area contributed by atoms with E-state index in [0.29, 0.717) is 34.3 Å². The van der Waals surface area contributed by atoms with Gasteiger partial charge in [-0.3, -0.25) is 9.59 Å². The summed E-state index contributed by atoms with van der Waals surface area (Å²) in [4.78, 5) is 36.8. The molecule has 4 aromatic rings. The number of H-pyrrole nitrogens is 1. The lowest BCUT2D eigenvalue weighted by Crippen LogP contribution is -2.14. The van der Waals surface area contributed by atoms with Crippen molar-refractivity contribution in [3.63, 3.8) is 0 Å². The van der Waals surface area contributed by atoms with Crippen LogP contribution in [-0.2, 0) is 6.18 Å². The number of alkyl halides is 3. The second-order valence-electron chi connectivity index (χ2n) is 8.49. The van der Waals surface area contributed by atoms with Crippen LogP contribution in [0.15, 0.2) is 59.5 Å². The molecule has 5 rings (SSSR count). The lowest BCUT2D eigenvalue weighted by atomic mass is 10.0. The van der Waals surface area contributed by atoms with Gasteiger partial charge in [0, 0.05) is 40.1 Å². The summed E-state index contributed by atoms with van der Waals surface area (Å²) in [7, 11) is 0. The zero-order valence-corrected chi connectivity index (χ0v) is 18.5. The Hall–Kier alpha value is -4.21. The second-order valence-corrected chi connectivity index (χ2v) is 8.49. The van der Waals surface area contributed by atoms with Gasteiger partial charge >= 0.3 is 6.18 Å². The number of carbonyl (C=O) groups excluding carboxylic acids is 1. The topological polar surface area (TPSA) is 99.8 Å². The number of aryl methyl sites for hydroxylation is 1. The van der Waals surface area contributed by atoms with Crippen molar-refractivity contribution in [3.05, 3.63) is 81.8 Å². The lowest BCUT2D eigenvalue weighted by Gasteiger charge is -2.12. The van der Waals surface area contributed by atoms with Crippen molar-refractivity contribution in [3.8, 4) is 11.3 Å². The van der Waals surface area contributed by atoms with E-state index in [1.54, 1.807) is 30.5 Å². The average molecular weight is 479 g/mol. The van der Waals surface area contributed by atoms with Crippen LogP contribution in [0.2, 0.25) is 0 Å². The van der Waals surface area contributed by atoms with E-state index in [-0.39, 0.29) is 16.6 Å². The summed E-state index contributed by atoms with van der Waals surface area (Å²) in [5.41, 5.74) is 1.21. The van der Waals surface area contributed by atoms with Crippen LogP contribution >= 0.6 is 0 Å². The zero-order valence-electron chi connectivity index (χ0n) is 18.5. The number of hydrogen-bond acceptors (Lipinski definition) is 5. The van der Waals surface area contributed by atoms with E-state index in [1.807, 2.05) is 6.92 Å². The molecule has 2 heterocycles. The normalized spacial score (nSPS) is 13.6. The van der Waals surface area contributed by atoms with Gasteiger partial charge in [0.05, 0.1) is 5.56 Å². The van der Waals surface area contributed by atoms with Gasteiger partial charge in [-0.1, -0.05) is 12.1 Å². The number of halogens is 3. The Balaban J connectivity index is 1.44. The smallest absolute Gasteiger partial charge is 0.351 e. The molecular formula is C25H20F3N5O2. The number of fused-ring (bicyclic) bond motifs is 1. The minimum atomic E-state index is -4.55. The van der Waals surface area contributed by atoms with Gasteiger partial charge in [0.25, 0.3) is 11.5 Å². The quantitative estimate of drug-likeness (QED) is 0.368. The van der Waals surface area contributed by atoms with Crippen molar-refractivity contribution in [2.24, 2.45) is 0 Å². The van der Waals surface area contributed by atoms with Crippen molar-refractivity contribution in [2.45, 2.75) is 32.0 Å². The number of carbonyl (C=O) groups is 1. The Morgan fingerprint density at radius 3 is 2.66 bits per heavy atom. The molecule has 1 saturated carbocycles. The SMILES string of the molecule is Cc1ccc(NC(=O)c2cccc(C(F)(F)F)c2)cc1-c1cc2cnc(NC3CC3)nc2c(=O)[nH]1. The van der Waals surface area contributed by atoms with E-state index < -0.39 is 17.6 Å². The van der Waals surface area contributed by atoms with Gasteiger partial charge in [-0.25, -0.2) is 9.97 Å². The summed E-state index contributed by atoms with van der Waals surface area (Å²) < 4.78 is 39.0. The van der Waals surface area contributed by atoms with Gasteiger partial charge in [-0.2, -0.15) is 13.2 Å². The summed E-state index contributed by atoms with van der Waals surface area (Å²) in [5.74, 6) is -0.268. The Labute approximate surface area is 197 Å². The number of rotatable bonds is 5. The number of nitrogens with one attached hydrogen (secondary N) is 3. The molecule has 0 atom stereocenters. The third-order valence-electron chi connectivity index (χ3n) is 5.73. The highest BCUT2D eigenvalue weighted by Crippen LogP contribution is 2.30. The number of hydrogen-bond donors (Lipinski definition) is 3. The Bertz CT molecular complexity index is 1510. The average Bonchev–Trinajstić information content (AvgIpc) is 3.64. The van der Waals surface area contributed by atoms with E-state index in [9.17, 15) is 22.8 Å². The fourth-order valence-corrected chi connectivity index (χ4v) is 3.71. The molecule has 7 nitrogen and oxygen atoms in total. The summed E-state index contributed by atoms with van der Waals surface area (Å²) >= 11 is 0. The van der Waals surface area contributed by atoms with E-state index >= 15 is 0 Å². The number of nitrogens with zero attached hydrogens (tertiary/aromatic N) is 2. The van der Waals surface area contributed by atoms with Crippen LogP contribution in [0.4, 0.5) is 24.8 Å². The highest BCUT2D eigenvalue weighted by molar-refractivity contribution is 6.04. The molecule has 0 aliphatic heterocycles. The molecule has 1 fully saturated rings. The maximum Gasteiger partial charge on any atom is 0.416 e. The summed E-state index contributed by atoms with van der Waals surface area (Å²) in [5, 5.41) is 6.35. The maximum absolute atomic E-state index is 13.0. The van der Waals surface area contributed by atoms with Crippen molar-refractivity contribution in [2.75, 3.05) is 10.6 Å². The second kappa shape index (κ2) is 8.53. The molecule has 0 spiro atoms. The number of aromatic nitrogens is 3. The first kappa shape index (κ1) is 22.6. The molecule has 2 aromatic carbocycles. The van der Waals surface area contributed by atoms with Crippen LogP contribution in [0, 0.1) is 6.92 Å². The van der Waals surface area contributed by atoms with Gasteiger partial charge in [0.15, 0.2) is 0 Å². The van der Waals surface area contributed by atoms with Crippen molar-refractivity contribution < 1.29 is 18.0 Å². The van der Waals surface area contributed by atoms with E-state index in [2.05, 4.69) is 25.6 Å². The molecule has 3 N–H and O–H groups in total. The molecule has 0 radical (unpaired) electrons. The Morgan fingerprint density at radius 2 is 1.91 bits per heavy atom. The molecule has 2 aromatic heterocycles. The summed E-state index contributed by atoms with van der Waals surface area (Å²) in [6, 6.07) is 11.4. The van der Waals surface area contributed by atoms with Gasteiger partial charge in [0.1, 0.15) is 5.52 Å². The largest absolute Gasteiger partial charge is 0.416 e. The molecule has 1 aliphatic rings. The monoisotopic (exact) mass is 479 g/mol. The number of benzene rings is 2. The number of anilines is 2. The molecule has 0 unspecified atom stereocenters. The first-order valence-corrected chi connectivity index (χ1v) is 10.9. The van der Waals surface area contributed by atoms with Crippen LogP contribution in [0.5, 0.6) is 0 Å². The molecule has 1 amide bonds. The lowest BCUT2D eigenvalue weighted by molar-refractivity contribution is -0.137. The molecular weight excluding hydrogens is 459 g/mol. The van der Waals surface area contributed by atoms with E-state index in [1.165, 1.54) is 12.1 Å². The van der Waals surface area contributed by atoms with Crippen molar-refractivity contribution >= 4 is 28.4 Å². The predicted molar refractivity (Wildman–Crippen MR) is 126 cm³/mol. The predicted octanol–water partition coefficient (Wildman–Crippen LogP) is 5.14. The number of pyridine rings is 1. The first-order valence-electron chi connectivity index (χ1n) is 10.9. The van der Waals surface area contributed by atoms with Gasteiger partial charge in [-0.05, 0) is 61.7 Å². The van der Waals surface area contributed by atoms with Gasteiger partial charge in [0.2, 0.25) is 5.95 Å². The van der Waals surface area contributed by atoms with Gasteiger partial charge in [-0.15, -0.1) is 0 Å².